The van der Waals surface area contributed by atoms with Crippen LogP contribution in [-0.4, -0.2) is 55.5 Å². The van der Waals surface area contributed by atoms with Crippen molar-refractivity contribution in [3.05, 3.63) is 30.3 Å². The Kier molecular flexibility index (Phi) is 8.19. The molecule has 2 aliphatic rings. The third-order valence-corrected chi connectivity index (χ3v) is 4.89. The summed E-state index contributed by atoms with van der Waals surface area (Å²) in [7, 11) is 0. The Morgan fingerprint density at radius 1 is 1.19 bits per heavy atom. The molecule has 2 heterocycles. The largest absolute Gasteiger partial charge is 0.484 e. The van der Waals surface area contributed by atoms with Crippen LogP contribution >= 0.6 is 12.4 Å². The van der Waals surface area contributed by atoms with Crippen molar-refractivity contribution in [3.63, 3.8) is 0 Å². The van der Waals surface area contributed by atoms with Gasteiger partial charge in [-0.2, -0.15) is 0 Å². The highest BCUT2D eigenvalue weighted by Gasteiger charge is 2.29. The number of nitrogens with zero attached hydrogens (tertiary/aromatic N) is 1. The Labute approximate surface area is 161 Å². The van der Waals surface area contributed by atoms with E-state index in [-0.39, 0.29) is 42.8 Å². The third-order valence-electron chi connectivity index (χ3n) is 4.89. The molecule has 7 heteroatoms. The Balaban J connectivity index is 0.00000243. The Bertz CT molecular complexity index is 579. The van der Waals surface area contributed by atoms with Gasteiger partial charge in [0.1, 0.15) is 5.75 Å². The molecule has 0 bridgehead atoms. The number of carbonyl (C=O) groups is 2. The van der Waals surface area contributed by atoms with Gasteiger partial charge < -0.3 is 20.3 Å². The van der Waals surface area contributed by atoms with E-state index < -0.39 is 0 Å². The number of halogens is 1. The van der Waals surface area contributed by atoms with Crippen LogP contribution in [0.3, 0.4) is 0 Å². The minimum absolute atomic E-state index is 0. The summed E-state index contributed by atoms with van der Waals surface area (Å²) in [6.45, 7) is 3.07. The van der Waals surface area contributed by atoms with Gasteiger partial charge in [-0.05, 0) is 44.4 Å². The summed E-state index contributed by atoms with van der Waals surface area (Å²) >= 11 is 0. The molecule has 3 rings (SSSR count). The van der Waals surface area contributed by atoms with Gasteiger partial charge in [0.05, 0.1) is 5.92 Å². The average Bonchev–Trinajstić information content (AvgIpc) is 2.68. The van der Waals surface area contributed by atoms with Gasteiger partial charge >= 0.3 is 0 Å². The predicted molar refractivity (Wildman–Crippen MR) is 103 cm³/mol. The van der Waals surface area contributed by atoms with Gasteiger partial charge in [-0.25, -0.2) is 0 Å². The predicted octanol–water partition coefficient (Wildman–Crippen LogP) is 1.59. The SMILES string of the molecule is Cl.O=C(NC1CCCNC1)C1CCCN(C(=O)COc2ccccc2)C1. The van der Waals surface area contributed by atoms with E-state index in [0.29, 0.717) is 18.8 Å². The molecule has 2 atom stereocenters. The van der Waals surface area contributed by atoms with Gasteiger partial charge in [-0.1, -0.05) is 18.2 Å². The fraction of sp³-hybridized carbons (Fsp3) is 0.579. The fourth-order valence-corrected chi connectivity index (χ4v) is 3.46. The number of hydrogen-bond donors (Lipinski definition) is 2. The summed E-state index contributed by atoms with van der Waals surface area (Å²) in [5, 5.41) is 6.44. The number of piperidine rings is 2. The summed E-state index contributed by atoms with van der Waals surface area (Å²) < 4.78 is 5.54. The minimum atomic E-state index is -0.114. The van der Waals surface area contributed by atoms with Crippen molar-refractivity contribution in [2.45, 2.75) is 31.7 Å². The highest BCUT2D eigenvalue weighted by molar-refractivity contribution is 5.85. The smallest absolute Gasteiger partial charge is 0.260 e. The van der Waals surface area contributed by atoms with Crippen LogP contribution in [0.2, 0.25) is 0 Å². The first-order chi connectivity index (χ1) is 12.2. The first-order valence-corrected chi connectivity index (χ1v) is 9.19. The van der Waals surface area contributed by atoms with Crippen LogP contribution in [0.25, 0.3) is 0 Å². The molecule has 6 nitrogen and oxygen atoms in total. The molecule has 26 heavy (non-hydrogen) atoms. The average molecular weight is 382 g/mol. The second kappa shape index (κ2) is 10.4. The highest BCUT2D eigenvalue weighted by Crippen LogP contribution is 2.18. The molecular weight excluding hydrogens is 354 g/mol. The number of carbonyl (C=O) groups excluding carboxylic acids is 2. The zero-order chi connectivity index (χ0) is 17.5. The summed E-state index contributed by atoms with van der Waals surface area (Å²) in [6, 6.07) is 9.54. The minimum Gasteiger partial charge on any atom is -0.484 e. The lowest BCUT2D eigenvalue weighted by Gasteiger charge is -2.33. The maximum Gasteiger partial charge on any atom is 0.260 e. The molecule has 2 fully saturated rings. The molecule has 0 saturated carbocycles. The van der Waals surface area contributed by atoms with Crippen LogP contribution in [0, 0.1) is 5.92 Å². The zero-order valence-corrected chi connectivity index (χ0v) is 15.8. The van der Waals surface area contributed by atoms with E-state index in [1.54, 1.807) is 4.90 Å². The number of amides is 2. The van der Waals surface area contributed by atoms with Crippen LogP contribution < -0.4 is 15.4 Å². The number of benzene rings is 1. The second-order valence-electron chi connectivity index (χ2n) is 6.83. The third kappa shape index (κ3) is 5.88. The Hall–Kier alpha value is -1.79. The lowest BCUT2D eigenvalue weighted by molar-refractivity contribution is -0.137. The number of para-hydroxylation sites is 1. The van der Waals surface area contributed by atoms with Gasteiger partial charge in [0, 0.05) is 25.7 Å². The van der Waals surface area contributed by atoms with Crippen molar-refractivity contribution in [1.29, 1.82) is 0 Å². The summed E-state index contributed by atoms with van der Waals surface area (Å²) in [5.41, 5.74) is 0. The maximum absolute atomic E-state index is 12.5. The Morgan fingerprint density at radius 3 is 2.73 bits per heavy atom. The number of ether oxygens (including phenoxy) is 1. The standard InChI is InChI=1S/C19H27N3O3.ClH/c23-18(14-25-17-8-2-1-3-9-17)22-11-5-6-15(13-22)19(24)21-16-7-4-10-20-12-16;/h1-3,8-9,15-16,20H,4-7,10-14H2,(H,21,24);1H. The van der Waals surface area contributed by atoms with Gasteiger partial charge in [0.25, 0.3) is 5.91 Å². The van der Waals surface area contributed by atoms with Crippen LogP contribution in [0.1, 0.15) is 25.7 Å². The normalized spacial score (nSPS) is 22.8. The first-order valence-electron chi connectivity index (χ1n) is 9.19. The van der Waals surface area contributed by atoms with Gasteiger partial charge in [0.2, 0.25) is 5.91 Å². The van der Waals surface area contributed by atoms with E-state index in [1.165, 1.54) is 0 Å². The van der Waals surface area contributed by atoms with Crippen LogP contribution in [0.4, 0.5) is 0 Å². The molecule has 2 saturated heterocycles. The number of nitrogens with one attached hydrogen (secondary N) is 2. The maximum atomic E-state index is 12.5. The molecule has 0 spiro atoms. The van der Waals surface area contributed by atoms with E-state index >= 15 is 0 Å². The fourth-order valence-electron chi connectivity index (χ4n) is 3.46. The van der Waals surface area contributed by atoms with Crippen LogP contribution in [0.5, 0.6) is 5.75 Å². The lowest BCUT2D eigenvalue weighted by Crippen LogP contribution is -2.51. The van der Waals surface area contributed by atoms with Crippen molar-refractivity contribution >= 4 is 24.2 Å². The van der Waals surface area contributed by atoms with Crippen molar-refractivity contribution in [3.8, 4) is 5.75 Å². The first kappa shape index (κ1) is 20.5. The second-order valence-corrected chi connectivity index (χ2v) is 6.83. The van der Waals surface area contributed by atoms with Gasteiger partial charge in [-0.3, -0.25) is 9.59 Å². The van der Waals surface area contributed by atoms with E-state index in [1.807, 2.05) is 30.3 Å². The van der Waals surface area contributed by atoms with Crippen LogP contribution in [0.15, 0.2) is 30.3 Å². The molecule has 1 aromatic carbocycles. The van der Waals surface area contributed by atoms with Crippen molar-refractivity contribution in [1.82, 2.24) is 15.5 Å². The molecular formula is C19H28ClN3O3. The highest BCUT2D eigenvalue weighted by atomic mass is 35.5. The quantitative estimate of drug-likeness (QED) is 0.812. The molecule has 1 aromatic rings. The van der Waals surface area contributed by atoms with Crippen molar-refractivity contribution in [2.75, 3.05) is 32.8 Å². The zero-order valence-electron chi connectivity index (χ0n) is 15.0. The van der Waals surface area contributed by atoms with Crippen molar-refractivity contribution in [2.24, 2.45) is 5.92 Å². The number of rotatable bonds is 5. The number of hydrogen-bond acceptors (Lipinski definition) is 4. The molecule has 2 unspecified atom stereocenters. The topological polar surface area (TPSA) is 70.7 Å². The van der Waals surface area contributed by atoms with Gasteiger partial charge in [0.15, 0.2) is 6.61 Å². The van der Waals surface area contributed by atoms with Crippen molar-refractivity contribution < 1.29 is 14.3 Å². The van der Waals surface area contributed by atoms with E-state index in [2.05, 4.69) is 10.6 Å². The summed E-state index contributed by atoms with van der Waals surface area (Å²) in [6.07, 6.45) is 3.82. The molecule has 0 aliphatic carbocycles. The van der Waals surface area contributed by atoms with Crippen LogP contribution in [-0.2, 0) is 9.59 Å². The van der Waals surface area contributed by atoms with E-state index in [4.69, 9.17) is 4.74 Å². The monoisotopic (exact) mass is 381 g/mol. The number of likely N-dealkylation sites (tertiary alicyclic amines) is 1. The van der Waals surface area contributed by atoms with Gasteiger partial charge in [-0.15, -0.1) is 12.4 Å². The molecule has 144 valence electrons. The summed E-state index contributed by atoms with van der Waals surface area (Å²) in [4.78, 5) is 26.7. The molecule has 2 amide bonds. The summed E-state index contributed by atoms with van der Waals surface area (Å²) in [5.74, 6) is 0.596. The molecule has 0 aromatic heterocycles. The Morgan fingerprint density at radius 2 is 2.00 bits per heavy atom. The van der Waals surface area contributed by atoms with E-state index in [0.717, 1.165) is 38.8 Å². The molecule has 2 N–H and O–H groups in total. The lowest BCUT2D eigenvalue weighted by atomic mass is 9.96. The van der Waals surface area contributed by atoms with E-state index in [9.17, 15) is 9.59 Å². The molecule has 2 aliphatic heterocycles. The molecule has 0 radical (unpaired) electrons.